The van der Waals surface area contributed by atoms with E-state index in [1.807, 2.05) is 24.1 Å². The first kappa shape index (κ1) is 18.4. The van der Waals surface area contributed by atoms with Crippen molar-refractivity contribution in [2.75, 3.05) is 20.8 Å². The summed E-state index contributed by atoms with van der Waals surface area (Å²) in [5, 5.41) is 5.52. The second kappa shape index (κ2) is 7.45. The van der Waals surface area contributed by atoms with E-state index in [1.54, 1.807) is 19.2 Å². The van der Waals surface area contributed by atoms with Gasteiger partial charge in [0.05, 0.1) is 6.67 Å². The molecule has 4 amide bonds. The van der Waals surface area contributed by atoms with Crippen LogP contribution in [0.15, 0.2) is 24.3 Å². The predicted octanol–water partition coefficient (Wildman–Crippen LogP) is 1.69. The molecule has 140 valence electrons. The number of hydrogen-bond acceptors (Lipinski definition) is 4. The van der Waals surface area contributed by atoms with E-state index in [0.717, 1.165) is 37.7 Å². The van der Waals surface area contributed by atoms with Gasteiger partial charge in [-0.3, -0.25) is 14.5 Å². The molecule has 1 aliphatic carbocycles. The van der Waals surface area contributed by atoms with Crippen LogP contribution < -0.4 is 10.6 Å². The summed E-state index contributed by atoms with van der Waals surface area (Å²) in [5.41, 5.74) is 0.942. The molecule has 7 nitrogen and oxygen atoms in total. The largest absolute Gasteiger partial charge is 0.355 e. The van der Waals surface area contributed by atoms with E-state index in [1.165, 1.54) is 4.90 Å². The summed E-state index contributed by atoms with van der Waals surface area (Å²) in [5.74, 6) is -0.217. The topological polar surface area (TPSA) is 81.8 Å². The highest BCUT2D eigenvalue weighted by atomic mass is 16.2. The number of carbonyl (C=O) groups is 3. The van der Waals surface area contributed by atoms with Crippen LogP contribution in [0.3, 0.4) is 0 Å². The third kappa shape index (κ3) is 3.58. The minimum Gasteiger partial charge on any atom is -0.355 e. The van der Waals surface area contributed by atoms with Crippen molar-refractivity contribution in [2.45, 2.75) is 44.2 Å². The quantitative estimate of drug-likeness (QED) is 0.785. The Kier molecular flexibility index (Phi) is 5.27. The first-order valence-electron chi connectivity index (χ1n) is 9.09. The molecule has 0 radical (unpaired) electrons. The summed E-state index contributed by atoms with van der Waals surface area (Å²) < 4.78 is 0. The molecule has 1 aliphatic heterocycles. The average Bonchev–Trinajstić information content (AvgIpc) is 2.86. The van der Waals surface area contributed by atoms with Gasteiger partial charge in [0.15, 0.2) is 0 Å². The maximum Gasteiger partial charge on any atom is 0.326 e. The maximum absolute atomic E-state index is 12.8. The van der Waals surface area contributed by atoms with Crippen LogP contribution in [0.2, 0.25) is 0 Å². The van der Waals surface area contributed by atoms with Crippen molar-refractivity contribution in [3.8, 4) is 0 Å². The van der Waals surface area contributed by atoms with E-state index in [9.17, 15) is 14.4 Å². The van der Waals surface area contributed by atoms with Crippen molar-refractivity contribution in [2.24, 2.45) is 0 Å². The second-order valence-corrected chi connectivity index (χ2v) is 7.24. The SMILES string of the molecule is CNC(=O)c1ccc(CN(C)CN2C(=O)NC3(CCCCC3)C2=O)cc1. The van der Waals surface area contributed by atoms with Crippen LogP contribution in [0.5, 0.6) is 0 Å². The lowest BCUT2D eigenvalue weighted by Crippen LogP contribution is -2.48. The Morgan fingerprint density at radius 3 is 2.46 bits per heavy atom. The third-order valence-electron chi connectivity index (χ3n) is 5.23. The standard InChI is InChI=1S/C19H26N4O3/c1-20-16(24)15-8-6-14(7-9-15)12-22(2)13-23-17(25)19(21-18(23)26)10-4-3-5-11-19/h6-9H,3-5,10-13H2,1-2H3,(H,20,24)(H,21,26). The minimum absolute atomic E-state index is 0.0935. The van der Waals surface area contributed by atoms with Gasteiger partial charge in [0.2, 0.25) is 0 Å². The lowest BCUT2D eigenvalue weighted by molar-refractivity contribution is -0.133. The Bertz CT molecular complexity index is 695. The van der Waals surface area contributed by atoms with Gasteiger partial charge < -0.3 is 10.6 Å². The minimum atomic E-state index is -0.675. The molecule has 1 aromatic carbocycles. The molecule has 1 saturated carbocycles. The molecule has 1 saturated heterocycles. The van der Waals surface area contributed by atoms with Gasteiger partial charge in [0, 0.05) is 19.2 Å². The molecule has 26 heavy (non-hydrogen) atoms. The van der Waals surface area contributed by atoms with Crippen LogP contribution in [-0.2, 0) is 11.3 Å². The number of carbonyl (C=O) groups excluding carboxylic acids is 3. The zero-order valence-electron chi connectivity index (χ0n) is 15.4. The third-order valence-corrected chi connectivity index (χ3v) is 5.23. The van der Waals surface area contributed by atoms with E-state index in [2.05, 4.69) is 10.6 Å². The summed E-state index contributed by atoms with van der Waals surface area (Å²) in [4.78, 5) is 40.0. The van der Waals surface area contributed by atoms with Gasteiger partial charge in [0.25, 0.3) is 11.8 Å². The highest BCUT2D eigenvalue weighted by Gasteiger charge is 2.51. The summed E-state index contributed by atoms with van der Waals surface area (Å²) in [6.07, 6.45) is 4.55. The summed E-state index contributed by atoms with van der Waals surface area (Å²) >= 11 is 0. The van der Waals surface area contributed by atoms with Crippen LogP contribution in [0.4, 0.5) is 4.79 Å². The van der Waals surface area contributed by atoms with Gasteiger partial charge in [-0.1, -0.05) is 31.4 Å². The fourth-order valence-corrected chi connectivity index (χ4v) is 3.81. The van der Waals surface area contributed by atoms with Crippen LogP contribution >= 0.6 is 0 Å². The number of rotatable bonds is 5. The molecule has 2 aliphatic rings. The van der Waals surface area contributed by atoms with Crippen molar-refractivity contribution in [1.29, 1.82) is 0 Å². The fraction of sp³-hybridized carbons (Fsp3) is 0.526. The highest BCUT2D eigenvalue weighted by Crippen LogP contribution is 2.33. The Hall–Kier alpha value is -2.41. The molecule has 1 spiro atoms. The number of urea groups is 1. The van der Waals surface area contributed by atoms with Crippen molar-refractivity contribution < 1.29 is 14.4 Å². The monoisotopic (exact) mass is 358 g/mol. The Balaban J connectivity index is 1.61. The maximum atomic E-state index is 12.8. The molecule has 1 heterocycles. The molecule has 0 bridgehead atoms. The predicted molar refractivity (Wildman–Crippen MR) is 97.4 cm³/mol. The summed E-state index contributed by atoms with van der Waals surface area (Å²) in [6, 6.07) is 7.02. The molecule has 0 aromatic heterocycles. The smallest absolute Gasteiger partial charge is 0.326 e. The number of nitrogens with one attached hydrogen (secondary N) is 2. The Morgan fingerprint density at radius 2 is 1.85 bits per heavy atom. The molecule has 7 heteroatoms. The van der Waals surface area contributed by atoms with Gasteiger partial charge in [-0.15, -0.1) is 0 Å². The zero-order valence-corrected chi connectivity index (χ0v) is 15.4. The van der Waals surface area contributed by atoms with E-state index in [0.29, 0.717) is 12.1 Å². The van der Waals surface area contributed by atoms with Crippen LogP contribution in [0, 0.1) is 0 Å². The van der Waals surface area contributed by atoms with Gasteiger partial charge in [-0.25, -0.2) is 9.69 Å². The first-order chi connectivity index (χ1) is 12.4. The molecular weight excluding hydrogens is 332 g/mol. The van der Waals surface area contributed by atoms with Crippen LogP contribution in [-0.4, -0.2) is 53.9 Å². The molecule has 1 aromatic rings. The molecule has 0 atom stereocenters. The number of hydrogen-bond donors (Lipinski definition) is 2. The number of imide groups is 1. The average molecular weight is 358 g/mol. The van der Waals surface area contributed by atoms with Crippen molar-refractivity contribution in [1.82, 2.24) is 20.4 Å². The zero-order chi connectivity index (χ0) is 18.7. The van der Waals surface area contributed by atoms with E-state index in [4.69, 9.17) is 0 Å². The highest BCUT2D eigenvalue weighted by molar-refractivity contribution is 6.07. The molecular formula is C19H26N4O3. The number of amides is 4. The van der Waals surface area contributed by atoms with Crippen LogP contribution in [0.25, 0.3) is 0 Å². The summed E-state index contributed by atoms with van der Waals surface area (Å²) in [6.45, 7) is 0.835. The van der Waals surface area contributed by atoms with Crippen molar-refractivity contribution in [3.63, 3.8) is 0 Å². The number of benzene rings is 1. The first-order valence-corrected chi connectivity index (χ1v) is 9.09. The normalized spacial score (nSPS) is 19.1. The molecule has 2 fully saturated rings. The van der Waals surface area contributed by atoms with Gasteiger partial charge in [-0.2, -0.15) is 0 Å². The lowest BCUT2D eigenvalue weighted by Gasteiger charge is -2.31. The molecule has 0 unspecified atom stereocenters. The van der Waals surface area contributed by atoms with E-state index >= 15 is 0 Å². The molecule has 2 N–H and O–H groups in total. The Labute approximate surface area is 153 Å². The number of nitrogens with zero attached hydrogens (tertiary/aromatic N) is 2. The Morgan fingerprint density at radius 1 is 1.19 bits per heavy atom. The fourth-order valence-electron chi connectivity index (χ4n) is 3.81. The van der Waals surface area contributed by atoms with Crippen LogP contribution in [0.1, 0.15) is 48.0 Å². The van der Waals surface area contributed by atoms with E-state index in [-0.39, 0.29) is 24.5 Å². The van der Waals surface area contributed by atoms with E-state index < -0.39 is 5.54 Å². The second-order valence-electron chi connectivity index (χ2n) is 7.24. The van der Waals surface area contributed by atoms with Crippen molar-refractivity contribution in [3.05, 3.63) is 35.4 Å². The van der Waals surface area contributed by atoms with Gasteiger partial charge >= 0.3 is 6.03 Å². The molecule has 3 rings (SSSR count). The van der Waals surface area contributed by atoms with Gasteiger partial charge in [0.1, 0.15) is 5.54 Å². The van der Waals surface area contributed by atoms with Gasteiger partial charge in [-0.05, 0) is 37.6 Å². The summed E-state index contributed by atoms with van der Waals surface area (Å²) in [7, 11) is 3.47. The lowest BCUT2D eigenvalue weighted by atomic mass is 9.82. The van der Waals surface area contributed by atoms with Crippen molar-refractivity contribution >= 4 is 17.8 Å².